The first-order valence-corrected chi connectivity index (χ1v) is 7.98. The minimum Gasteiger partial charge on any atom is -0.506 e. The zero-order valence-electron chi connectivity index (χ0n) is 13.5. The summed E-state index contributed by atoms with van der Waals surface area (Å²) in [6.07, 6.45) is 0. The zero-order chi connectivity index (χ0) is 17.8. The fourth-order valence-electron chi connectivity index (χ4n) is 2.33. The minimum absolute atomic E-state index is 0.0820. The van der Waals surface area contributed by atoms with Crippen molar-refractivity contribution in [2.24, 2.45) is 0 Å². The van der Waals surface area contributed by atoms with Gasteiger partial charge in [0.25, 0.3) is 5.91 Å². The number of phenols is 1. The Kier molecular flexibility index (Phi) is 4.86. The molecule has 0 fully saturated rings. The summed E-state index contributed by atoms with van der Waals surface area (Å²) in [5.41, 5.74) is 1.44. The lowest BCUT2D eigenvalue weighted by Crippen LogP contribution is -2.27. The average Bonchev–Trinajstić information content (AvgIpc) is 2.62. The molecule has 5 nitrogen and oxygen atoms in total. The number of nitrogens with zero attached hydrogens (tertiary/aromatic N) is 2. The number of aromatic nitrogens is 1. The van der Waals surface area contributed by atoms with E-state index in [1.54, 1.807) is 37.4 Å². The molecule has 0 aliphatic rings. The lowest BCUT2D eigenvalue weighted by Gasteiger charge is -2.17. The van der Waals surface area contributed by atoms with Crippen LogP contribution in [-0.4, -0.2) is 23.0 Å². The van der Waals surface area contributed by atoms with Crippen molar-refractivity contribution in [2.45, 2.75) is 0 Å². The van der Waals surface area contributed by atoms with Gasteiger partial charge in [-0.3, -0.25) is 4.79 Å². The summed E-state index contributed by atoms with van der Waals surface area (Å²) in [6, 6.07) is 19.1. The molecule has 0 unspecified atom stereocenters. The van der Waals surface area contributed by atoms with E-state index in [1.807, 2.05) is 30.3 Å². The Morgan fingerprint density at radius 3 is 2.48 bits per heavy atom. The van der Waals surface area contributed by atoms with Gasteiger partial charge in [0.1, 0.15) is 17.3 Å². The van der Waals surface area contributed by atoms with E-state index in [9.17, 15) is 9.90 Å². The average molecular weight is 354 g/mol. The number of aromatic hydroxyl groups is 1. The Bertz CT molecular complexity index is 900. The first kappa shape index (κ1) is 16.8. The van der Waals surface area contributed by atoms with E-state index >= 15 is 0 Å². The largest absolute Gasteiger partial charge is 0.506 e. The summed E-state index contributed by atoms with van der Waals surface area (Å²) < 4.78 is 0. The predicted molar refractivity (Wildman–Crippen MR) is 99.8 cm³/mol. The molecular formula is C19H16ClN3O2. The van der Waals surface area contributed by atoms with Gasteiger partial charge < -0.3 is 15.3 Å². The Morgan fingerprint density at radius 1 is 1.08 bits per heavy atom. The number of nitrogens with one attached hydrogen (secondary N) is 1. The molecule has 0 saturated carbocycles. The number of hydrogen-bond donors (Lipinski definition) is 2. The number of halogens is 1. The maximum atomic E-state index is 12.7. The lowest BCUT2D eigenvalue weighted by molar-refractivity contribution is 0.0988. The van der Waals surface area contributed by atoms with Crippen LogP contribution in [0, 0.1) is 0 Å². The van der Waals surface area contributed by atoms with Gasteiger partial charge in [-0.25, -0.2) is 4.98 Å². The number of phenolic OH excluding ortho intramolecular Hbond substituents is 1. The van der Waals surface area contributed by atoms with Gasteiger partial charge in [-0.1, -0.05) is 41.9 Å². The summed E-state index contributed by atoms with van der Waals surface area (Å²) in [6.45, 7) is 0. The standard InChI is InChI=1S/C19H16ClN3O2/c1-23(14-7-3-2-4-8-14)19(25)16-11-13(20)12-18(22-16)21-15-9-5-6-10-17(15)24/h2-12,24H,1H3,(H,21,22). The van der Waals surface area contributed by atoms with E-state index in [2.05, 4.69) is 10.3 Å². The van der Waals surface area contributed by atoms with Crippen molar-refractivity contribution in [2.75, 3.05) is 17.3 Å². The molecule has 1 aromatic heterocycles. The number of amides is 1. The summed E-state index contributed by atoms with van der Waals surface area (Å²) in [7, 11) is 1.68. The normalized spacial score (nSPS) is 10.3. The van der Waals surface area contributed by atoms with Crippen molar-refractivity contribution in [3.8, 4) is 5.75 Å². The van der Waals surface area contributed by atoms with Gasteiger partial charge in [0, 0.05) is 17.8 Å². The molecule has 3 aromatic rings. The van der Waals surface area contributed by atoms with Crippen LogP contribution in [-0.2, 0) is 0 Å². The van der Waals surface area contributed by atoms with Crippen LogP contribution in [0.5, 0.6) is 5.75 Å². The number of para-hydroxylation sites is 3. The Morgan fingerprint density at radius 2 is 1.76 bits per heavy atom. The van der Waals surface area contributed by atoms with Gasteiger partial charge in [-0.05, 0) is 36.4 Å². The number of anilines is 3. The third-order valence-corrected chi connectivity index (χ3v) is 3.84. The van der Waals surface area contributed by atoms with Crippen molar-refractivity contribution >= 4 is 34.7 Å². The molecule has 3 rings (SSSR count). The molecule has 2 aromatic carbocycles. The highest BCUT2D eigenvalue weighted by Gasteiger charge is 2.16. The summed E-state index contributed by atoms with van der Waals surface area (Å²) in [4.78, 5) is 18.5. The van der Waals surface area contributed by atoms with Crippen molar-refractivity contribution in [1.29, 1.82) is 0 Å². The van der Waals surface area contributed by atoms with Crippen LogP contribution in [0.25, 0.3) is 0 Å². The van der Waals surface area contributed by atoms with Crippen LogP contribution < -0.4 is 10.2 Å². The highest BCUT2D eigenvalue weighted by Crippen LogP contribution is 2.27. The smallest absolute Gasteiger partial charge is 0.276 e. The van der Waals surface area contributed by atoms with Gasteiger partial charge in [0.05, 0.1) is 5.69 Å². The summed E-state index contributed by atoms with van der Waals surface area (Å²) in [5, 5.41) is 13.2. The summed E-state index contributed by atoms with van der Waals surface area (Å²) >= 11 is 6.14. The van der Waals surface area contributed by atoms with Crippen LogP contribution in [0.2, 0.25) is 5.02 Å². The number of benzene rings is 2. The molecule has 0 saturated heterocycles. The van der Waals surface area contributed by atoms with Crippen LogP contribution in [0.15, 0.2) is 66.7 Å². The van der Waals surface area contributed by atoms with Crippen LogP contribution >= 0.6 is 11.6 Å². The fourth-order valence-corrected chi connectivity index (χ4v) is 2.54. The van der Waals surface area contributed by atoms with Gasteiger partial charge >= 0.3 is 0 Å². The van der Waals surface area contributed by atoms with Crippen molar-refractivity contribution in [1.82, 2.24) is 4.98 Å². The highest BCUT2D eigenvalue weighted by atomic mass is 35.5. The second kappa shape index (κ2) is 7.23. The third-order valence-electron chi connectivity index (χ3n) is 3.62. The molecule has 0 radical (unpaired) electrons. The maximum Gasteiger partial charge on any atom is 0.276 e. The minimum atomic E-state index is -0.283. The van der Waals surface area contributed by atoms with E-state index in [4.69, 9.17) is 11.6 Å². The molecule has 0 bridgehead atoms. The Hall–Kier alpha value is -3.05. The molecule has 25 heavy (non-hydrogen) atoms. The van der Waals surface area contributed by atoms with Crippen molar-refractivity contribution < 1.29 is 9.90 Å². The van der Waals surface area contributed by atoms with E-state index in [0.717, 1.165) is 5.69 Å². The highest BCUT2D eigenvalue weighted by molar-refractivity contribution is 6.31. The van der Waals surface area contributed by atoms with Gasteiger partial charge in [0.2, 0.25) is 0 Å². The third kappa shape index (κ3) is 3.89. The maximum absolute atomic E-state index is 12.7. The van der Waals surface area contributed by atoms with E-state index in [0.29, 0.717) is 16.5 Å². The molecule has 6 heteroatoms. The van der Waals surface area contributed by atoms with Crippen molar-refractivity contribution in [3.05, 3.63) is 77.4 Å². The van der Waals surface area contributed by atoms with Gasteiger partial charge in [-0.2, -0.15) is 0 Å². The summed E-state index contributed by atoms with van der Waals surface area (Å²) in [5.74, 6) is 0.173. The molecule has 0 aliphatic carbocycles. The molecule has 0 aliphatic heterocycles. The predicted octanol–water partition coefficient (Wildman–Crippen LogP) is 4.46. The topological polar surface area (TPSA) is 65.5 Å². The zero-order valence-corrected chi connectivity index (χ0v) is 14.2. The number of carbonyl (C=O) groups is 1. The SMILES string of the molecule is CN(C(=O)c1cc(Cl)cc(Nc2ccccc2O)n1)c1ccccc1. The molecule has 126 valence electrons. The fraction of sp³-hybridized carbons (Fsp3) is 0.0526. The monoisotopic (exact) mass is 353 g/mol. The Labute approximate surface area is 150 Å². The molecule has 0 atom stereocenters. The quantitative estimate of drug-likeness (QED) is 0.679. The van der Waals surface area contributed by atoms with Gasteiger partial charge in [0.15, 0.2) is 0 Å². The van der Waals surface area contributed by atoms with Gasteiger partial charge in [-0.15, -0.1) is 0 Å². The Balaban J connectivity index is 1.89. The number of hydrogen-bond acceptors (Lipinski definition) is 4. The molecule has 2 N–H and O–H groups in total. The second-order valence-corrected chi connectivity index (χ2v) is 5.83. The van der Waals surface area contributed by atoms with Crippen molar-refractivity contribution in [3.63, 3.8) is 0 Å². The van der Waals surface area contributed by atoms with E-state index in [1.165, 1.54) is 11.0 Å². The number of rotatable bonds is 4. The van der Waals surface area contributed by atoms with Crippen LogP contribution in [0.1, 0.15) is 10.5 Å². The lowest BCUT2D eigenvalue weighted by atomic mass is 10.2. The molecule has 1 heterocycles. The molecule has 1 amide bonds. The number of pyridine rings is 1. The van der Waals surface area contributed by atoms with Crippen LogP contribution in [0.3, 0.4) is 0 Å². The first-order chi connectivity index (χ1) is 12.0. The van der Waals surface area contributed by atoms with Crippen LogP contribution in [0.4, 0.5) is 17.2 Å². The second-order valence-electron chi connectivity index (χ2n) is 5.40. The van der Waals surface area contributed by atoms with E-state index < -0.39 is 0 Å². The molecule has 0 spiro atoms. The molecular weight excluding hydrogens is 338 g/mol. The first-order valence-electron chi connectivity index (χ1n) is 7.60. The van der Waals surface area contributed by atoms with E-state index in [-0.39, 0.29) is 17.4 Å². The number of carbonyl (C=O) groups excluding carboxylic acids is 1.